The van der Waals surface area contributed by atoms with Crippen LogP contribution in [0.5, 0.6) is 0 Å². The van der Waals surface area contributed by atoms with E-state index in [9.17, 15) is 14.0 Å². The Morgan fingerprint density at radius 2 is 1.82 bits per heavy atom. The number of fused-ring (bicyclic) bond motifs is 1. The number of aryl methyl sites for hydroxylation is 1. The molecule has 202 valence electrons. The molecule has 0 spiro atoms. The monoisotopic (exact) mass is 533 g/mol. The third-order valence-corrected chi connectivity index (χ3v) is 7.16. The minimum atomic E-state index is -0.722. The van der Waals surface area contributed by atoms with E-state index in [0.717, 1.165) is 43.5 Å². The number of carbonyl (C=O) groups excluding carboxylic acids is 2. The molecule has 10 heteroatoms. The van der Waals surface area contributed by atoms with Crippen molar-refractivity contribution in [2.45, 2.75) is 52.0 Å². The molecule has 1 aliphatic rings. The van der Waals surface area contributed by atoms with Gasteiger partial charge in [-0.3, -0.25) is 4.79 Å². The average Bonchev–Trinajstić information content (AvgIpc) is 3.25. The Bertz CT molecular complexity index is 1570. The number of ether oxygens (including phenoxy) is 1. The second kappa shape index (κ2) is 10.9. The molecule has 0 bridgehead atoms. The normalized spacial score (nSPS) is 15.8. The van der Waals surface area contributed by atoms with Gasteiger partial charge >= 0.3 is 5.97 Å². The van der Waals surface area contributed by atoms with E-state index in [1.165, 1.54) is 25.3 Å². The van der Waals surface area contributed by atoms with Crippen molar-refractivity contribution in [3.05, 3.63) is 71.2 Å². The molecule has 8 nitrogen and oxygen atoms in total. The molecule has 1 atom stereocenters. The number of amides is 1. The summed E-state index contributed by atoms with van der Waals surface area (Å²) in [5.74, 6) is -2.17. The lowest BCUT2D eigenvalue weighted by atomic mass is 10.0. The molecule has 1 amide bonds. The maximum absolute atomic E-state index is 15.3. The van der Waals surface area contributed by atoms with E-state index in [4.69, 9.17) is 0 Å². The number of nitrogens with zero attached hydrogens (tertiary/aromatic N) is 5. The molecule has 1 aromatic carbocycles. The molecular formula is C29H29F2N5O3. The second-order valence-corrected chi connectivity index (χ2v) is 9.70. The number of benzene rings is 1. The number of hydrogen-bond acceptors (Lipinski definition) is 6. The first kappa shape index (κ1) is 26.4. The van der Waals surface area contributed by atoms with E-state index in [-0.39, 0.29) is 34.5 Å². The van der Waals surface area contributed by atoms with Crippen molar-refractivity contribution >= 4 is 17.5 Å². The number of rotatable bonds is 5. The van der Waals surface area contributed by atoms with Crippen molar-refractivity contribution in [2.75, 3.05) is 13.7 Å². The van der Waals surface area contributed by atoms with Gasteiger partial charge in [0.25, 0.3) is 5.91 Å². The Morgan fingerprint density at radius 3 is 2.56 bits per heavy atom. The highest BCUT2D eigenvalue weighted by Crippen LogP contribution is 2.29. The van der Waals surface area contributed by atoms with Gasteiger partial charge in [0.05, 0.1) is 12.8 Å². The summed E-state index contributed by atoms with van der Waals surface area (Å²) in [6.07, 6.45) is 4.74. The van der Waals surface area contributed by atoms with Crippen LogP contribution in [0.25, 0.3) is 28.2 Å². The number of methoxy groups -OCH3 is 1. The summed E-state index contributed by atoms with van der Waals surface area (Å²) in [6, 6.07) is 9.97. The summed E-state index contributed by atoms with van der Waals surface area (Å²) in [5, 5.41) is 4.56. The Kier molecular flexibility index (Phi) is 7.36. The number of esters is 1. The Morgan fingerprint density at radius 1 is 1.00 bits per heavy atom. The van der Waals surface area contributed by atoms with Crippen LogP contribution in [-0.2, 0) is 11.2 Å². The highest BCUT2D eigenvalue weighted by molar-refractivity contribution is 5.93. The first-order valence-electron chi connectivity index (χ1n) is 13.1. The van der Waals surface area contributed by atoms with Gasteiger partial charge < -0.3 is 9.64 Å². The predicted molar refractivity (Wildman–Crippen MR) is 141 cm³/mol. The van der Waals surface area contributed by atoms with Gasteiger partial charge in [-0.25, -0.2) is 28.1 Å². The molecule has 4 heterocycles. The summed E-state index contributed by atoms with van der Waals surface area (Å²) in [4.78, 5) is 35.7. The molecule has 0 N–H and O–H groups in total. The molecular weight excluding hydrogens is 504 g/mol. The van der Waals surface area contributed by atoms with Crippen LogP contribution < -0.4 is 0 Å². The highest BCUT2D eigenvalue weighted by Gasteiger charge is 2.25. The van der Waals surface area contributed by atoms with Crippen molar-refractivity contribution in [1.82, 2.24) is 24.5 Å². The maximum Gasteiger partial charge on any atom is 0.356 e. The minimum Gasteiger partial charge on any atom is -0.464 e. The molecule has 0 radical (unpaired) electrons. The third kappa shape index (κ3) is 5.10. The third-order valence-electron chi connectivity index (χ3n) is 7.16. The standard InChI is InChI=1S/C29H29F2N5O3/c1-4-19-15-25(28(37)35-13-7-5-6-8-17(35)2)32-26-16-24(34-36(19)26)20-10-9-18(14-22(20)31)27-21(30)11-12-23(33-27)29(38)39-3/h9-12,14-17H,4-8,13H2,1-3H3/t17-/m1/s1. The SMILES string of the molecule is CCc1cc(C(=O)N2CCCCC[C@H]2C)nc2cc(-c3ccc(-c4nc(C(=O)OC)ccc4F)cc3F)nn12. The van der Waals surface area contributed by atoms with E-state index in [2.05, 4.69) is 26.7 Å². The number of hydrogen-bond donors (Lipinski definition) is 0. The summed E-state index contributed by atoms with van der Waals surface area (Å²) in [5.41, 5.74) is 1.99. The first-order chi connectivity index (χ1) is 18.8. The van der Waals surface area contributed by atoms with E-state index in [1.54, 1.807) is 16.6 Å². The number of pyridine rings is 1. The topological polar surface area (TPSA) is 89.7 Å². The fourth-order valence-electron chi connectivity index (χ4n) is 4.99. The molecule has 0 saturated carbocycles. The van der Waals surface area contributed by atoms with Crippen LogP contribution in [-0.4, -0.2) is 56.1 Å². The molecule has 1 fully saturated rings. The van der Waals surface area contributed by atoms with Crippen LogP contribution in [0.3, 0.4) is 0 Å². The number of aromatic nitrogens is 4. The fourth-order valence-corrected chi connectivity index (χ4v) is 4.99. The molecule has 0 aliphatic carbocycles. The average molecular weight is 534 g/mol. The number of halogens is 2. The summed E-state index contributed by atoms with van der Waals surface area (Å²) < 4.78 is 36.1. The van der Waals surface area contributed by atoms with Crippen LogP contribution in [0.4, 0.5) is 8.78 Å². The summed E-state index contributed by atoms with van der Waals surface area (Å²) in [6.45, 7) is 4.73. The van der Waals surface area contributed by atoms with Crippen molar-refractivity contribution in [3.8, 4) is 22.5 Å². The van der Waals surface area contributed by atoms with Crippen LogP contribution in [0.15, 0.2) is 42.5 Å². The van der Waals surface area contributed by atoms with E-state index < -0.39 is 17.6 Å². The number of likely N-dealkylation sites (tertiary alicyclic amines) is 1. The van der Waals surface area contributed by atoms with Crippen LogP contribution in [0.2, 0.25) is 0 Å². The van der Waals surface area contributed by atoms with E-state index >= 15 is 4.39 Å². The Hall–Kier alpha value is -4.21. The summed E-state index contributed by atoms with van der Waals surface area (Å²) >= 11 is 0. The first-order valence-corrected chi connectivity index (χ1v) is 13.1. The van der Waals surface area contributed by atoms with Gasteiger partial charge in [-0.2, -0.15) is 5.10 Å². The van der Waals surface area contributed by atoms with Gasteiger partial charge in [0.1, 0.15) is 28.7 Å². The zero-order valence-electron chi connectivity index (χ0n) is 22.1. The van der Waals surface area contributed by atoms with Crippen LogP contribution in [0, 0.1) is 11.6 Å². The Labute approximate surface area is 224 Å². The Balaban J connectivity index is 1.51. The lowest BCUT2D eigenvalue weighted by molar-refractivity contribution is 0.0593. The smallest absolute Gasteiger partial charge is 0.356 e. The minimum absolute atomic E-state index is 0.0863. The molecule has 1 aliphatic heterocycles. The molecule has 39 heavy (non-hydrogen) atoms. The predicted octanol–water partition coefficient (Wildman–Crippen LogP) is 5.49. The van der Waals surface area contributed by atoms with E-state index in [1.807, 2.05) is 11.8 Å². The zero-order chi connectivity index (χ0) is 27.7. The van der Waals surface area contributed by atoms with Gasteiger partial charge in [0.2, 0.25) is 0 Å². The van der Waals surface area contributed by atoms with Crippen LogP contribution in [0.1, 0.15) is 66.2 Å². The lowest BCUT2D eigenvalue weighted by Gasteiger charge is -2.27. The zero-order valence-corrected chi connectivity index (χ0v) is 22.1. The van der Waals surface area contributed by atoms with Crippen LogP contribution >= 0.6 is 0 Å². The second-order valence-electron chi connectivity index (χ2n) is 9.70. The largest absolute Gasteiger partial charge is 0.464 e. The van der Waals surface area contributed by atoms with Gasteiger partial charge in [0, 0.05) is 35.5 Å². The van der Waals surface area contributed by atoms with Crippen molar-refractivity contribution in [3.63, 3.8) is 0 Å². The van der Waals surface area contributed by atoms with Gasteiger partial charge in [-0.05, 0) is 56.5 Å². The molecule has 4 aromatic rings. The molecule has 5 rings (SSSR count). The van der Waals surface area contributed by atoms with Crippen molar-refractivity contribution in [1.29, 1.82) is 0 Å². The van der Waals surface area contributed by atoms with Crippen molar-refractivity contribution in [2.24, 2.45) is 0 Å². The van der Waals surface area contributed by atoms with Gasteiger partial charge in [-0.1, -0.05) is 25.8 Å². The number of carbonyl (C=O) groups is 2. The molecule has 3 aromatic heterocycles. The maximum atomic E-state index is 15.3. The van der Waals surface area contributed by atoms with Gasteiger partial charge in [0.15, 0.2) is 5.65 Å². The summed E-state index contributed by atoms with van der Waals surface area (Å²) in [7, 11) is 1.20. The lowest BCUT2D eigenvalue weighted by Crippen LogP contribution is -2.38. The quantitative estimate of drug-likeness (QED) is 0.315. The van der Waals surface area contributed by atoms with Gasteiger partial charge in [-0.15, -0.1) is 0 Å². The van der Waals surface area contributed by atoms with Crippen molar-refractivity contribution < 1.29 is 23.1 Å². The fraction of sp³-hybridized carbons (Fsp3) is 0.345. The molecule has 0 unspecified atom stereocenters. The highest BCUT2D eigenvalue weighted by atomic mass is 19.1. The van der Waals surface area contributed by atoms with E-state index in [0.29, 0.717) is 30.0 Å². The molecule has 1 saturated heterocycles.